The fraction of sp³-hybridized carbons (Fsp3) is 0.143. The van der Waals surface area contributed by atoms with Crippen LogP contribution in [0, 0.1) is 0 Å². The van der Waals surface area contributed by atoms with E-state index in [0.29, 0.717) is 12.5 Å². The standard InChI is InChI=1S/C7H9NO.C7H6O/c1-2-9-7-5-3-4-6-8-7;8-6-7-4-2-1-3-5-7/h3-6H,2H2,1H3;1-6H. The lowest BCUT2D eigenvalue weighted by Gasteiger charge is -1.97. The molecule has 0 N–H and O–H groups in total. The van der Waals surface area contributed by atoms with Crippen molar-refractivity contribution in [2.24, 2.45) is 0 Å². The van der Waals surface area contributed by atoms with E-state index >= 15 is 0 Å². The molecule has 0 amide bonds. The number of hydrogen-bond donors (Lipinski definition) is 0. The Morgan fingerprint density at radius 2 is 1.82 bits per heavy atom. The van der Waals surface area contributed by atoms with Gasteiger partial charge >= 0.3 is 0 Å². The smallest absolute Gasteiger partial charge is 0.213 e. The van der Waals surface area contributed by atoms with Crippen LogP contribution in [0.4, 0.5) is 0 Å². The van der Waals surface area contributed by atoms with Gasteiger partial charge in [-0.3, -0.25) is 4.79 Å². The molecule has 2 rings (SSSR count). The van der Waals surface area contributed by atoms with Crippen LogP contribution in [0.5, 0.6) is 5.88 Å². The van der Waals surface area contributed by atoms with Crippen LogP contribution in [-0.2, 0) is 0 Å². The van der Waals surface area contributed by atoms with Gasteiger partial charge in [-0.2, -0.15) is 0 Å². The van der Waals surface area contributed by atoms with Crippen LogP contribution in [0.15, 0.2) is 54.7 Å². The first-order chi connectivity index (χ1) is 8.36. The molecule has 1 aromatic carbocycles. The quantitative estimate of drug-likeness (QED) is 0.759. The zero-order valence-corrected chi connectivity index (χ0v) is 9.74. The van der Waals surface area contributed by atoms with E-state index in [-0.39, 0.29) is 0 Å². The summed E-state index contributed by atoms with van der Waals surface area (Å²) in [5.41, 5.74) is 0.729. The average Bonchev–Trinajstić information content (AvgIpc) is 2.42. The third-order valence-corrected chi connectivity index (χ3v) is 1.87. The van der Waals surface area contributed by atoms with E-state index in [4.69, 9.17) is 4.74 Å². The van der Waals surface area contributed by atoms with Gasteiger partial charge in [-0.15, -0.1) is 0 Å². The summed E-state index contributed by atoms with van der Waals surface area (Å²) in [4.78, 5) is 14.0. The first kappa shape index (κ1) is 12.9. The van der Waals surface area contributed by atoms with E-state index in [9.17, 15) is 4.79 Å². The van der Waals surface area contributed by atoms with Crippen molar-refractivity contribution in [3.63, 3.8) is 0 Å². The van der Waals surface area contributed by atoms with Crippen LogP contribution >= 0.6 is 0 Å². The van der Waals surface area contributed by atoms with Gasteiger partial charge < -0.3 is 4.74 Å². The molecule has 0 aliphatic heterocycles. The number of rotatable bonds is 3. The molecular weight excluding hydrogens is 214 g/mol. The number of nitrogens with zero attached hydrogens (tertiary/aromatic N) is 1. The summed E-state index contributed by atoms with van der Waals surface area (Å²) in [6.07, 6.45) is 2.55. The molecule has 0 atom stereocenters. The van der Waals surface area contributed by atoms with Crippen LogP contribution in [0.1, 0.15) is 17.3 Å². The minimum Gasteiger partial charge on any atom is -0.478 e. The molecule has 0 aliphatic carbocycles. The molecule has 1 heterocycles. The fourth-order valence-electron chi connectivity index (χ4n) is 1.11. The lowest BCUT2D eigenvalue weighted by molar-refractivity contribution is 0.112. The first-order valence-electron chi connectivity index (χ1n) is 5.41. The lowest BCUT2D eigenvalue weighted by atomic mass is 10.2. The highest BCUT2D eigenvalue weighted by Gasteiger charge is 1.85. The lowest BCUT2D eigenvalue weighted by Crippen LogP contribution is -1.92. The maximum Gasteiger partial charge on any atom is 0.213 e. The summed E-state index contributed by atoms with van der Waals surface area (Å²) < 4.78 is 5.09. The Morgan fingerprint density at radius 3 is 2.29 bits per heavy atom. The molecule has 0 bridgehead atoms. The number of carbonyl (C=O) groups is 1. The summed E-state index contributed by atoms with van der Waals surface area (Å²) in [5.74, 6) is 0.694. The molecular formula is C14H15NO2. The van der Waals surface area contributed by atoms with Crippen LogP contribution in [0.25, 0.3) is 0 Å². The Labute approximate surface area is 101 Å². The molecule has 0 radical (unpaired) electrons. The van der Waals surface area contributed by atoms with E-state index in [1.807, 2.05) is 43.3 Å². The first-order valence-corrected chi connectivity index (χ1v) is 5.41. The van der Waals surface area contributed by atoms with Crippen molar-refractivity contribution >= 4 is 6.29 Å². The number of ether oxygens (including phenoxy) is 1. The van der Waals surface area contributed by atoms with Gasteiger partial charge in [-0.25, -0.2) is 4.98 Å². The largest absolute Gasteiger partial charge is 0.478 e. The Morgan fingerprint density at radius 1 is 1.12 bits per heavy atom. The maximum absolute atomic E-state index is 10.0. The topological polar surface area (TPSA) is 39.2 Å². The molecule has 3 heteroatoms. The molecule has 3 nitrogen and oxygen atoms in total. The maximum atomic E-state index is 10.0. The van der Waals surface area contributed by atoms with E-state index in [1.165, 1.54) is 0 Å². The number of aromatic nitrogens is 1. The molecule has 88 valence electrons. The number of hydrogen-bond acceptors (Lipinski definition) is 3. The van der Waals surface area contributed by atoms with Crippen LogP contribution < -0.4 is 4.74 Å². The van der Waals surface area contributed by atoms with Gasteiger partial charge in [0.2, 0.25) is 5.88 Å². The highest BCUT2D eigenvalue weighted by Crippen LogP contribution is 2.01. The van der Waals surface area contributed by atoms with Gasteiger partial charge in [0, 0.05) is 17.8 Å². The second kappa shape index (κ2) is 8.05. The van der Waals surface area contributed by atoms with Gasteiger partial charge in [0.25, 0.3) is 0 Å². The summed E-state index contributed by atoms with van der Waals surface area (Å²) >= 11 is 0. The predicted molar refractivity (Wildman–Crippen MR) is 67.2 cm³/mol. The van der Waals surface area contributed by atoms with Crippen molar-refractivity contribution in [1.29, 1.82) is 0 Å². The monoisotopic (exact) mass is 229 g/mol. The zero-order valence-electron chi connectivity index (χ0n) is 9.74. The molecule has 17 heavy (non-hydrogen) atoms. The molecule has 1 aromatic heterocycles. The average molecular weight is 229 g/mol. The second-order valence-electron chi connectivity index (χ2n) is 3.13. The van der Waals surface area contributed by atoms with Gasteiger partial charge in [-0.05, 0) is 13.0 Å². The summed E-state index contributed by atoms with van der Waals surface area (Å²) in [6.45, 7) is 2.62. The number of benzene rings is 1. The van der Waals surface area contributed by atoms with Crippen molar-refractivity contribution in [3.8, 4) is 5.88 Å². The Bertz CT molecular complexity index is 415. The summed E-state index contributed by atoms with van der Waals surface area (Å²) in [5, 5.41) is 0. The van der Waals surface area contributed by atoms with Crippen molar-refractivity contribution in [2.75, 3.05) is 6.61 Å². The van der Waals surface area contributed by atoms with E-state index in [2.05, 4.69) is 4.98 Å². The molecule has 0 saturated heterocycles. The highest BCUT2D eigenvalue weighted by atomic mass is 16.5. The SMILES string of the molecule is CCOc1ccccn1.O=Cc1ccccc1. The number of aldehydes is 1. The Hall–Kier alpha value is -2.16. The normalized spacial score (nSPS) is 8.76. The molecule has 0 unspecified atom stereocenters. The third kappa shape index (κ3) is 5.47. The molecule has 0 fully saturated rings. The van der Waals surface area contributed by atoms with Crippen LogP contribution in [-0.4, -0.2) is 17.9 Å². The third-order valence-electron chi connectivity index (χ3n) is 1.87. The van der Waals surface area contributed by atoms with Gasteiger partial charge in [0.15, 0.2) is 0 Å². The second-order valence-corrected chi connectivity index (χ2v) is 3.13. The van der Waals surface area contributed by atoms with Crippen molar-refractivity contribution < 1.29 is 9.53 Å². The van der Waals surface area contributed by atoms with Crippen molar-refractivity contribution in [2.45, 2.75) is 6.92 Å². The molecule has 0 spiro atoms. The highest BCUT2D eigenvalue weighted by molar-refractivity contribution is 5.74. The molecule has 0 aliphatic rings. The van der Waals surface area contributed by atoms with E-state index in [1.54, 1.807) is 18.3 Å². The molecule has 0 saturated carbocycles. The summed E-state index contributed by atoms with van der Waals surface area (Å²) in [7, 11) is 0. The van der Waals surface area contributed by atoms with Crippen molar-refractivity contribution in [1.82, 2.24) is 4.98 Å². The minimum absolute atomic E-state index is 0.678. The van der Waals surface area contributed by atoms with Crippen LogP contribution in [0.2, 0.25) is 0 Å². The minimum atomic E-state index is 0.678. The van der Waals surface area contributed by atoms with Gasteiger partial charge in [0.1, 0.15) is 6.29 Å². The van der Waals surface area contributed by atoms with Crippen LogP contribution in [0.3, 0.4) is 0 Å². The Balaban J connectivity index is 0.000000171. The number of pyridine rings is 1. The predicted octanol–water partition coefficient (Wildman–Crippen LogP) is 2.98. The van der Waals surface area contributed by atoms with E-state index < -0.39 is 0 Å². The zero-order chi connectivity index (χ0) is 12.3. The summed E-state index contributed by atoms with van der Waals surface area (Å²) in [6, 6.07) is 14.7. The van der Waals surface area contributed by atoms with Gasteiger partial charge in [-0.1, -0.05) is 36.4 Å². The Kier molecular flexibility index (Phi) is 6.11. The number of carbonyl (C=O) groups excluding carboxylic acids is 1. The molecule has 2 aromatic rings. The van der Waals surface area contributed by atoms with Gasteiger partial charge in [0.05, 0.1) is 6.61 Å². The van der Waals surface area contributed by atoms with E-state index in [0.717, 1.165) is 11.8 Å². The fourth-order valence-corrected chi connectivity index (χ4v) is 1.11. The van der Waals surface area contributed by atoms with Crippen molar-refractivity contribution in [3.05, 3.63) is 60.3 Å².